The maximum atomic E-state index is 13.3. The zero-order valence-electron chi connectivity index (χ0n) is 12.7. The average Bonchev–Trinajstić information content (AvgIpc) is 2.53. The van der Waals surface area contributed by atoms with E-state index in [1.54, 1.807) is 0 Å². The molecule has 5 heteroatoms. The van der Waals surface area contributed by atoms with Crippen LogP contribution >= 0.6 is 0 Å². The molecule has 1 aliphatic carbocycles. The third-order valence-electron chi connectivity index (χ3n) is 4.72. The summed E-state index contributed by atoms with van der Waals surface area (Å²) in [4.78, 5) is 0. The molecule has 1 saturated carbocycles. The van der Waals surface area contributed by atoms with Crippen molar-refractivity contribution in [2.75, 3.05) is 13.2 Å². The summed E-state index contributed by atoms with van der Waals surface area (Å²) in [5, 5.41) is 0. The van der Waals surface area contributed by atoms with Gasteiger partial charge in [0.2, 0.25) is 0 Å². The van der Waals surface area contributed by atoms with Crippen LogP contribution in [0.2, 0.25) is 0 Å². The highest BCUT2D eigenvalue weighted by Crippen LogP contribution is 2.39. The van der Waals surface area contributed by atoms with Crippen LogP contribution in [0.5, 0.6) is 0 Å². The fourth-order valence-electron chi connectivity index (χ4n) is 3.42. The SMILES string of the molecule is CC1COC(C2CCC(c3cc(F)c(F)c(F)c3)CC2)OC1. The molecule has 0 radical (unpaired) electrons. The number of rotatable bonds is 2. The van der Waals surface area contributed by atoms with E-state index in [4.69, 9.17) is 9.47 Å². The van der Waals surface area contributed by atoms with Crippen LogP contribution in [0.3, 0.4) is 0 Å². The number of hydrogen-bond donors (Lipinski definition) is 0. The van der Waals surface area contributed by atoms with E-state index in [1.807, 2.05) is 0 Å². The Bertz CT molecular complexity index is 496. The molecular formula is C17H21F3O2. The first kappa shape index (κ1) is 15.8. The van der Waals surface area contributed by atoms with Crippen molar-refractivity contribution in [3.05, 3.63) is 35.1 Å². The van der Waals surface area contributed by atoms with Gasteiger partial charge in [0.15, 0.2) is 23.7 Å². The van der Waals surface area contributed by atoms with Gasteiger partial charge >= 0.3 is 0 Å². The van der Waals surface area contributed by atoms with Gasteiger partial charge in [0.05, 0.1) is 13.2 Å². The first-order chi connectivity index (χ1) is 10.5. The average molecular weight is 314 g/mol. The van der Waals surface area contributed by atoms with Crippen LogP contribution in [0.25, 0.3) is 0 Å². The van der Waals surface area contributed by atoms with Gasteiger partial charge in [-0.05, 0) is 49.3 Å². The molecule has 2 fully saturated rings. The van der Waals surface area contributed by atoms with E-state index in [1.165, 1.54) is 0 Å². The van der Waals surface area contributed by atoms with Crippen molar-refractivity contribution < 1.29 is 22.6 Å². The highest BCUT2D eigenvalue weighted by molar-refractivity contribution is 5.23. The van der Waals surface area contributed by atoms with Crippen LogP contribution in [-0.4, -0.2) is 19.5 Å². The van der Waals surface area contributed by atoms with Crippen molar-refractivity contribution >= 4 is 0 Å². The normalized spacial score (nSPS) is 32.9. The molecule has 2 aliphatic rings. The van der Waals surface area contributed by atoms with Crippen LogP contribution in [0.1, 0.15) is 44.1 Å². The fourth-order valence-corrected chi connectivity index (χ4v) is 3.42. The lowest BCUT2D eigenvalue weighted by molar-refractivity contribution is -0.226. The molecule has 0 unspecified atom stereocenters. The molecular weight excluding hydrogens is 293 g/mol. The quantitative estimate of drug-likeness (QED) is 0.754. The second kappa shape index (κ2) is 6.59. The van der Waals surface area contributed by atoms with Gasteiger partial charge in [-0.1, -0.05) is 6.92 Å². The van der Waals surface area contributed by atoms with Crippen LogP contribution in [-0.2, 0) is 9.47 Å². The molecule has 0 amide bonds. The predicted molar refractivity (Wildman–Crippen MR) is 75.9 cm³/mol. The second-order valence-corrected chi connectivity index (χ2v) is 6.55. The van der Waals surface area contributed by atoms with E-state index in [2.05, 4.69) is 6.92 Å². The first-order valence-electron chi connectivity index (χ1n) is 7.92. The molecule has 0 atom stereocenters. The zero-order valence-corrected chi connectivity index (χ0v) is 12.7. The van der Waals surface area contributed by atoms with Crippen LogP contribution < -0.4 is 0 Å². The summed E-state index contributed by atoms with van der Waals surface area (Å²) >= 11 is 0. The highest BCUT2D eigenvalue weighted by atomic mass is 19.2. The molecule has 122 valence electrons. The second-order valence-electron chi connectivity index (χ2n) is 6.55. The molecule has 0 bridgehead atoms. The molecule has 0 N–H and O–H groups in total. The molecule has 2 nitrogen and oxygen atoms in total. The van der Waals surface area contributed by atoms with E-state index in [9.17, 15) is 13.2 Å². The molecule has 1 saturated heterocycles. The molecule has 0 aromatic heterocycles. The topological polar surface area (TPSA) is 18.5 Å². The van der Waals surface area contributed by atoms with E-state index in [0.29, 0.717) is 17.4 Å². The van der Waals surface area contributed by atoms with E-state index >= 15 is 0 Å². The fraction of sp³-hybridized carbons (Fsp3) is 0.647. The van der Waals surface area contributed by atoms with Gasteiger partial charge in [0.1, 0.15) is 0 Å². The summed E-state index contributed by atoms with van der Waals surface area (Å²) in [7, 11) is 0. The number of ether oxygens (including phenoxy) is 2. The summed E-state index contributed by atoms with van der Waals surface area (Å²) in [6.45, 7) is 3.53. The third-order valence-corrected chi connectivity index (χ3v) is 4.72. The molecule has 1 aliphatic heterocycles. The summed E-state index contributed by atoms with van der Waals surface area (Å²) in [5.74, 6) is -2.77. The Kier molecular flexibility index (Phi) is 4.73. The summed E-state index contributed by atoms with van der Waals surface area (Å²) in [6.07, 6.45) is 3.26. The van der Waals surface area contributed by atoms with E-state index in [0.717, 1.165) is 51.0 Å². The smallest absolute Gasteiger partial charge is 0.194 e. The first-order valence-corrected chi connectivity index (χ1v) is 7.92. The third kappa shape index (κ3) is 3.30. The summed E-state index contributed by atoms with van der Waals surface area (Å²) in [6, 6.07) is 2.25. The van der Waals surface area contributed by atoms with Crippen LogP contribution in [0, 0.1) is 29.3 Å². The molecule has 1 aromatic carbocycles. The van der Waals surface area contributed by atoms with Crippen molar-refractivity contribution in [3.63, 3.8) is 0 Å². The molecule has 0 spiro atoms. The number of halogens is 3. The highest BCUT2D eigenvalue weighted by Gasteiger charge is 2.32. The molecule has 22 heavy (non-hydrogen) atoms. The van der Waals surface area contributed by atoms with Gasteiger partial charge in [0.25, 0.3) is 0 Å². The largest absolute Gasteiger partial charge is 0.352 e. The summed E-state index contributed by atoms with van der Waals surface area (Å²) in [5.41, 5.74) is 0.550. The Morgan fingerprint density at radius 1 is 0.909 bits per heavy atom. The van der Waals surface area contributed by atoms with Gasteiger partial charge in [0, 0.05) is 11.8 Å². The number of hydrogen-bond acceptors (Lipinski definition) is 2. The Morgan fingerprint density at radius 2 is 1.45 bits per heavy atom. The number of benzene rings is 1. The van der Waals surface area contributed by atoms with Crippen molar-refractivity contribution in [3.8, 4) is 0 Å². The van der Waals surface area contributed by atoms with Gasteiger partial charge in [-0.15, -0.1) is 0 Å². The van der Waals surface area contributed by atoms with E-state index in [-0.39, 0.29) is 12.2 Å². The minimum absolute atomic E-state index is 0.0726. The Hall–Kier alpha value is -1.07. The minimum atomic E-state index is -1.39. The maximum absolute atomic E-state index is 13.3. The lowest BCUT2D eigenvalue weighted by atomic mass is 9.78. The Morgan fingerprint density at radius 3 is 2.00 bits per heavy atom. The van der Waals surface area contributed by atoms with Crippen molar-refractivity contribution in [1.82, 2.24) is 0 Å². The van der Waals surface area contributed by atoms with Crippen LogP contribution in [0.15, 0.2) is 12.1 Å². The Balaban J connectivity index is 1.60. The lowest BCUT2D eigenvalue weighted by Crippen LogP contribution is -2.37. The predicted octanol–water partition coefficient (Wildman–Crippen LogP) is 4.39. The monoisotopic (exact) mass is 314 g/mol. The van der Waals surface area contributed by atoms with Gasteiger partial charge < -0.3 is 9.47 Å². The standard InChI is InChI=1S/C17H21F3O2/c1-10-8-21-17(22-9-10)12-4-2-11(3-5-12)13-6-14(18)16(20)15(19)7-13/h6-7,10-12,17H,2-5,8-9H2,1H3. The Labute approximate surface area is 128 Å². The summed E-state index contributed by atoms with van der Waals surface area (Å²) < 4.78 is 51.2. The van der Waals surface area contributed by atoms with Crippen molar-refractivity contribution in [2.45, 2.75) is 44.8 Å². The lowest BCUT2D eigenvalue weighted by Gasteiger charge is -2.37. The van der Waals surface area contributed by atoms with Gasteiger partial charge in [-0.2, -0.15) is 0 Å². The van der Waals surface area contributed by atoms with Crippen molar-refractivity contribution in [2.24, 2.45) is 11.8 Å². The van der Waals surface area contributed by atoms with Gasteiger partial charge in [-0.3, -0.25) is 0 Å². The molecule has 1 heterocycles. The van der Waals surface area contributed by atoms with Crippen molar-refractivity contribution in [1.29, 1.82) is 0 Å². The molecule has 3 rings (SSSR count). The zero-order chi connectivity index (χ0) is 15.7. The molecule has 1 aromatic rings. The minimum Gasteiger partial charge on any atom is -0.352 e. The maximum Gasteiger partial charge on any atom is 0.194 e. The van der Waals surface area contributed by atoms with Gasteiger partial charge in [-0.25, -0.2) is 13.2 Å². The van der Waals surface area contributed by atoms with E-state index < -0.39 is 17.5 Å². The van der Waals surface area contributed by atoms with Crippen LogP contribution in [0.4, 0.5) is 13.2 Å².